The highest BCUT2D eigenvalue weighted by Crippen LogP contribution is 2.14. The van der Waals surface area contributed by atoms with Crippen LogP contribution in [0.3, 0.4) is 0 Å². The normalized spacial score (nSPS) is 11.6. The third kappa shape index (κ3) is 7.74. The minimum atomic E-state index is -4.25. The number of thiol groups is 1. The van der Waals surface area contributed by atoms with Gasteiger partial charge in [0.1, 0.15) is 6.61 Å². The van der Waals surface area contributed by atoms with Gasteiger partial charge in [0.2, 0.25) is 0 Å². The van der Waals surface area contributed by atoms with Crippen molar-refractivity contribution in [1.29, 1.82) is 0 Å². The molecule has 0 aliphatic carbocycles. The van der Waals surface area contributed by atoms with E-state index in [0.717, 1.165) is 0 Å². The monoisotopic (exact) mass is 186 g/mol. The summed E-state index contributed by atoms with van der Waals surface area (Å²) in [4.78, 5) is 0. The first kappa shape index (κ1) is 10.8. The van der Waals surface area contributed by atoms with E-state index in [1.54, 1.807) is 0 Å². The fraction of sp³-hybridized carbons (Fsp3) is 0.667. The Balaban J connectivity index is 3.35. The predicted molar refractivity (Wildman–Crippen MR) is 39.9 cm³/mol. The lowest BCUT2D eigenvalue weighted by atomic mass is 10.4. The van der Waals surface area contributed by atoms with E-state index in [2.05, 4.69) is 23.9 Å². The first-order valence-electron chi connectivity index (χ1n) is 2.87. The zero-order valence-corrected chi connectivity index (χ0v) is 6.71. The van der Waals surface area contributed by atoms with Crippen LogP contribution in [0.4, 0.5) is 13.2 Å². The van der Waals surface area contributed by atoms with Crippen LogP contribution in [0.15, 0.2) is 12.2 Å². The largest absolute Gasteiger partial charge is 0.411 e. The van der Waals surface area contributed by atoms with E-state index >= 15 is 0 Å². The molecule has 0 radical (unpaired) electrons. The minimum absolute atomic E-state index is 0.0803. The van der Waals surface area contributed by atoms with Crippen molar-refractivity contribution in [2.75, 3.05) is 19.0 Å². The van der Waals surface area contributed by atoms with Gasteiger partial charge in [0.15, 0.2) is 0 Å². The molecule has 0 amide bonds. The Morgan fingerprint density at radius 1 is 1.45 bits per heavy atom. The smallest absolute Gasteiger partial charge is 0.368 e. The Hall–Kier alpha value is -0.160. The van der Waals surface area contributed by atoms with Crippen molar-refractivity contribution in [2.45, 2.75) is 6.18 Å². The van der Waals surface area contributed by atoms with Gasteiger partial charge < -0.3 is 4.74 Å². The van der Waals surface area contributed by atoms with Gasteiger partial charge >= 0.3 is 6.18 Å². The van der Waals surface area contributed by atoms with Gasteiger partial charge in [-0.05, 0) is 5.57 Å². The molecule has 0 heterocycles. The van der Waals surface area contributed by atoms with Gasteiger partial charge in [-0.15, -0.1) is 0 Å². The second-order valence-corrected chi connectivity index (χ2v) is 2.33. The maximum absolute atomic E-state index is 11.4. The summed E-state index contributed by atoms with van der Waals surface area (Å²) in [7, 11) is 0. The number of alkyl halides is 3. The maximum Gasteiger partial charge on any atom is 0.411 e. The molecule has 0 aliphatic heterocycles. The summed E-state index contributed by atoms with van der Waals surface area (Å²) in [6, 6.07) is 0. The van der Waals surface area contributed by atoms with Crippen LogP contribution >= 0.6 is 12.6 Å². The maximum atomic E-state index is 11.4. The molecule has 0 N–H and O–H groups in total. The number of hydrogen-bond acceptors (Lipinski definition) is 2. The summed E-state index contributed by atoms with van der Waals surface area (Å²) < 4.78 is 38.6. The fourth-order valence-corrected chi connectivity index (χ4v) is 0.448. The molecule has 0 unspecified atom stereocenters. The van der Waals surface area contributed by atoms with Crippen LogP contribution in [0, 0.1) is 0 Å². The van der Waals surface area contributed by atoms with E-state index in [1.165, 1.54) is 0 Å². The number of rotatable bonds is 4. The van der Waals surface area contributed by atoms with Crippen LogP contribution in [0.5, 0.6) is 0 Å². The molecule has 0 aromatic rings. The van der Waals surface area contributed by atoms with Gasteiger partial charge in [-0.1, -0.05) is 6.58 Å². The lowest BCUT2D eigenvalue weighted by molar-refractivity contribution is -0.171. The van der Waals surface area contributed by atoms with Crippen molar-refractivity contribution in [3.05, 3.63) is 12.2 Å². The second kappa shape index (κ2) is 4.66. The van der Waals surface area contributed by atoms with Gasteiger partial charge in [-0.25, -0.2) is 0 Å². The van der Waals surface area contributed by atoms with E-state index in [-0.39, 0.29) is 6.61 Å². The Bertz CT molecular complexity index is 132. The predicted octanol–water partition coefficient (Wildman–Crippen LogP) is 2.05. The Kier molecular flexibility index (Phi) is 4.60. The molecule has 0 fully saturated rings. The van der Waals surface area contributed by atoms with Gasteiger partial charge in [0, 0.05) is 5.75 Å². The van der Waals surface area contributed by atoms with E-state index in [4.69, 9.17) is 0 Å². The summed E-state index contributed by atoms with van der Waals surface area (Å²) in [6.07, 6.45) is -4.25. The number of ether oxygens (including phenoxy) is 1. The zero-order valence-electron chi connectivity index (χ0n) is 5.82. The van der Waals surface area contributed by atoms with Crippen molar-refractivity contribution in [2.24, 2.45) is 0 Å². The molecule has 0 spiro atoms. The minimum Gasteiger partial charge on any atom is -0.368 e. The average molecular weight is 186 g/mol. The van der Waals surface area contributed by atoms with Crippen molar-refractivity contribution >= 4 is 12.6 Å². The lowest BCUT2D eigenvalue weighted by Gasteiger charge is -2.07. The number of hydrogen-bond donors (Lipinski definition) is 1. The lowest BCUT2D eigenvalue weighted by Crippen LogP contribution is -2.17. The van der Waals surface area contributed by atoms with Crippen LogP contribution in [-0.2, 0) is 4.74 Å². The fourth-order valence-electron chi connectivity index (χ4n) is 0.357. The van der Waals surface area contributed by atoms with E-state index in [0.29, 0.717) is 11.3 Å². The average Bonchev–Trinajstić information content (AvgIpc) is 1.85. The molecule has 0 rings (SSSR count). The first-order valence-corrected chi connectivity index (χ1v) is 3.51. The third-order valence-corrected chi connectivity index (χ3v) is 1.24. The summed E-state index contributed by atoms with van der Waals surface area (Å²) in [5, 5.41) is 0. The standard InChI is InChI=1S/C6H9F3OS/c1-5(3-11)2-10-4-6(7,8)9/h11H,1-4H2. The molecular weight excluding hydrogens is 177 g/mol. The second-order valence-electron chi connectivity index (χ2n) is 2.02. The first-order chi connectivity index (χ1) is 4.95. The molecule has 0 aliphatic rings. The van der Waals surface area contributed by atoms with Gasteiger partial charge in [-0.2, -0.15) is 25.8 Å². The van der Waals surface area contributed by atoms with Crippen molar-refractivity contribution in [1.82, 2.24) is 0 Å². The third-order valence-electron chi connectivity index (χ3n) is 0.796. The molecular formula is C6H9F3OS. The Morgan fingerprint density at radius 2 is 2.00 bits per heavy atom. The van der Waals surface area contributed by atoms with Crippen LogP contribution in [0.25, 0.3) is 0 Å². The molecule has 66 valence electrons. The zero-order chi connectivity index (χ0) is 8.91. The van der Waals surface area contributed by atoms with Crippen molar-refractivity contribution < 1.29 is 17.9 Å². The molecule has 11 heavy (non-hydrogen) atoms. The molecule has 0 saturated carbocycles. The van der Waals surface area contributed by atoms with E-state index in [9.17, 15) is 13.2 Å². The summed E-state index contributed by atoms with van der Waals surface area (Å²) in [5.74, 6) is 0.345. The summed E-state index contributed by atoms with van der Waals surface area (Å²) >= 11 is 3.80. The molecule has 0 aromatic carbocycles. The quantitative estimate of drug-likeness (QED) is 0.522. The van der Waals surface area contributed by atoms with Crippen molar-refractivity contribution in [3.63, 3.8) is 0 Å². The topological polar surface area (TPSA) is 9.23 Å². The molecule has 0 bridgehead atoms. The van der Waals surface area contributed by atoms with Crippen molar-refractivity contribution in [3.8, 4) is 0 Å². The molecule has 1 nitrogen and oxygen atoms in total. The van der Waals surface area contributed by atoms with Crippen LogP contribution in [0.2, 0.25) is 0 Å². The molecule has 0 atom stereocenters. The van der Waals surface area contributed by atoms with Crippen LogP contribution in [0.1, 0.15) is 0 Å². The number of halogens is 3. The molecule has 0 aromatic heterocycles. The van der Waals surface area contributed by atoms with Gasteiger partial charge in [0.25, 0.3) is 0 Å². The highest BCUT2D eigenvalue weighted by atomic mass is 32.1. The van der Waals surface area contributed by atoms with E-state index in [1.807, 2.05) is 0 Å². The Labute approximate surface area is 68.6 Å². The van der Waals surface area contributed by atoms with Gasteiger partial charge in [0.05, 0.1) is 6.61 Å². The SMILES string of the molecule is C=C(CS)COCC(F)(F)F. The summed E-state index contributed by atoms with van der Waals surface area (Å²) in [6.45, 7) is 2.12. The van der Waals surface area contributed by atoms with Crippen LogP contribution < -0.4 is 0 Å². The highest BCUT2D eigenvalue weighted by Gasteiger charge is 2.27. The highest BCUT2D eigenvalue weighted by molar-refractivity contribution is 7.80. The summed E-state index contributed by atoms with van der Waals surface area (Å²) in [5.41, 5.74) is 0.539. The Morgan fingerprint density at radius 3 is 2.36 bits per heavy atom. The molecule has 5 heteroatoms. The van der Waals surface area contributed by atoms with E-state index < -0.39 is 12.8 Å². The van der Waals surface area contributed by atoms with Gasteiger partial charge in [-0.3, -0.25) is 0 Å². The van der Waals surface area contributed by atoms with Crippen LogP contribution in [-0.4, -0.2) is 25.1 Å². The molecule has 0 saturated heterocycles.